The predicted octanol–water partition coefficient (Wildman–Crippen LogP) is 3.89. The molecule has 3 rings (SSSR count). The van der Waals surface area contributed by atoms with E-state index in [9.17, 15) is 9.18 Å². The highest BCUT2D eigenvalue weighted by Crippen LogP contribution is 2.35. The van der Waals surface area contributed by atoms with Crippen molar-refractivity contribution in [3.05, 3.63) is 59.4 Å². The van der Waals surface area contributed by atoms with Crippen molar-refractivity contribution in [1.82, 2.24) is 0 Å². The number of hydrogen-bond acceptors (Lipinski definition) is 2. The van der Waals surface area contributed by atoms with Crippen LogP contribution in [0.25, 0.3) is 0 Å². The summed E-state index contributed by atoms with van der Waals surface area (Å²) in [6.45, 7) is 2.28. The fourth-order valence-electron chi connectivity index (χ4n) is 2.34. The van der Waals surface area contributed by atoms with Crippen molar-refractivity contribution in [3.8, 4) is 0 Å². The summed E-state index contributed by atoms with van der Waals surface area (Å²) in [7, 11) is 0. The molecule has 0 atom stereocenters. The number of thioether (sulfide) groups is 1. The molecule has 0 aromatic heterocycles. The van der Waals surface area contributed by atoms with Crippen molar-refractivity contribution in [3.63, 3.8) is 0 Å². The van der Waals surface area contributed by atoms with Gasteiger partial charge in [0.1, 0.15) is 5.82 Å². The van der Waals surface area contributed by atoms with Gasteiger partial charge in [0, 0.05) is 17.2 Å². The summed E-state index contributed by atoms with van der Waals surface area (Å²) in [5.74, 6) is 0.142. The van der Waals surface area contributed by atoms with E-state index in [0.717, 1.165) is 16.3 Å². The quantitative estimate of drug-likeness (QED) is 0.793. The van der Waals surface area contributed by atoms with Crippen molar-refractivity contribution in [2.75, 3.05) is 17.2 Å². The highest BCUT2D eigenvalue weighted by atomic mass is 32.2. The number of amides is 1. The zero-order chi connectivity index (χ0) is 14.1. The van der Waals surface area contributed by atoms with Gasteiger partial charge < -0.3 is 4.90 Å². The van der Waals surface area contributed by atoms with Crippen LogP contribution in [0.1, 0.15) is 15.9 Å². The Kier molecular flexibility index (Phi) is 3.49. The highest BCUT2D eigenvalue weighted by Gasteiger charge is 2.25. The van der Waals surface area contributed by atoms with Gasteiger partial charge in [-0.2, -0.15) is 0 Å². The summed E-state index contributed by atoms with van der Waals surface area (Å²) in [6.07, 6.45) is 0. The first-order valence-electron chi connectivity index (χ1n) is 6.47. The Morgan fingerprint density at radius 1 is 1.20 bits per heavy atom. The highest BCUT2D eigenvalue weighted by molar-refractivity contribution is 7.99. The molecule has 0 radical (unpaired) electrons. The molecule has 2 nitrogen and oxygen atoms in total. The number of nitrogens with zero attached hydrogens (tertiary/aromatic N) is 1. The lowest BCUT2D eigenvalue weighted by Crippen LogP contribution is -2.36. The lowest BCUT2D eigenvalue weighted by molar-refractivity contribution is 0.0983. The van der Waals surface area contributed by atoms with Gasteiger partial charge in [-0.25, -0.2) is 4.39 Å². The largest absolute Gasteiger partial charge is 0.306 e. The van der Waals surface area contributed by atoms with Crippen molar-refractivity contribution >= 4 is 23.4 Å². The summed E-state index contributed by atoms with van der Waals surface area (Å²) in [4.78, 5) is 15.4. The van der Waals surface area contributed by atoms with Crippen LogP contribution in [-0.2, 0) is 0 Å². The van der Waals surface area contributed by atoms with E-state index in [1.54, 1.807) is 41.8 Å². The molecule has 2 aromatic carbocycles. The van der Waals surface area contributed by atoms with Crippen LogP contribution in [0.2, 0.25) is 0 Å². The third-order valence-electron chi connectivity index (χ3n) is 3.40. The second kappa shape index (κ2) is 5.29. The topological polar surface area (TPSA) is 20.3 Å². The molecule has 0 fully saturated rings. The smallest absolute Gasteiger partial charge is 0.261 e. The molecule has 0 bridgehead atoms. The molecular formula is C16H14FNOS. The number of rotatable bonds is 1. The van der Waals surface area contributed by atoms with Gasteiger partial charge >= 0.3 is 0 Å². The Bertz CT molecular complexity index is 671. The van der Waals surface area contributed by atoms with Gasteiger partial charge in [-0.3, -0.25) is 4.79 Å². The monoisotopic (exact) mass is 287 g/mol. The molecule has 0 spiro atoms. The fraction of sp³-hybridized carbons (Fsp3) is 0.188. The van der Waals surface area contributed by atoms with E-state index in [1.165, 1.54) is 0 Å². The van der Waals surface area contributed by atoms with E-state index in [-0.39, 0.29) is 11.5 Å². The van der Waals surface area contributed by atoms with E-state index in [2.05, 4.69) is 0 Å². The molecule has 0 aliphatic carbocycles. The van der Waals surface area contributed by atoms with Crippen LogP contribution in [0.15, 0.2) is 47.4 Å². The molecule has 20 heavy (non-hydrogen) atoms. The average Bonchev–Trinajstić information content (AvgIpc) is 2.49. The number of aryl methyl sites for hydroxylation is 1. The van der Waals surface area contributed by atoms with E-state index < -0.39 is 5.82 Å². The average molecular weight is 287 g/mol. The zero-order valence-corrected chi connectivity index (χ0v) is 11.9. The van der Waals surface area contributed by atoms with Crippen LogP contribution in [0, 0.1) is 12.7 Å². The van der Waals surface area contributed by atoms with E-state index in [0.29, 0.717) is 12.1 Å². The van der Waals surface area contributed by atoms with Gasteiger partial charge in [0.15, 0.2) is 0 Å². The van der Waals surface area contributed by atoms with Gasteiger partial charge in [-0.15, -0.1) is 11.8 Å². The number of halogens is 1. The Morgan fingerprint density at radius 2 is 2.00 bits per heavy atom. The number of carbonyl (C=O) groups excluding carboxylic acids is 1. The Balaban J connectivity index is 2.02. The van der Waals surface area contributed by atoms with E-state index >= 15 is 0 Å². The molecule has 1 heterocycles. The van der Waals surface area contributed by atoms with Gasteiger partial charge in [0.2, 0.25) is 0 Å². The third kappa shape index (κ3) is 2.20. The maximum absolute atomic E-state index is 14.1. The first-order valence-corrected chi connectivity index (χ1v) is 7.46. The minimum absolute atomic E-state index is 0.145. The minimum atomic E-state index is -0.423. The lowest BCUT2D eigenvalue weighted by Gasteiger charge is -2.29. The molecule has 1 aliphatic heterocycles. The van der Waals surface area contributed by atoms with Gasteiger partial charge in [-0.1, -0.05) is 24.3 Å². The number of carbonyl (C=O) groups is 1. The maximum Gasteiger partial charge on any atom is 0.261 e. The van der Waals surface area contributed by atoms with Crippen LogP contribution in [0.3, 0.4) is 0 Å². The zero-order valence-electron chi connectivity index (χ0n) is 11.1. The number of para-hydroxylation sites is 1. The summed E-state index contributed by atoms with van der Waals surface area (Å²) >= 11 is 1.72. The van der Waals surface area contributed by atoms with E-state index in [1.807, 2.05) is 24.3 Å². The van der Waals surface area contributed by atoms with Crippen LogP contribution in [-0.4, -0.2) is 18.2 Å². The Morgan fingerprint density at radius 3 is 2.85 bits per heavy atom. The number of hydrogen-bond donors (Lipinski definition) is 0. The molecule has 1 aliphatic rings. The maximum atomic E-state index is 14.1. The van der Waals surface area contributed by atoms with Crippen molar-refractivity contribution < 1.29 is 9.18 Å². The number of anilines is 1. The molecular weight excluding hydrogens is 273 g/mol. The van der Waals surface area contributed by atoms with Crippen molar-refractivity contribution in [2.45, 2.75) is 11.8 Å². The SMILES string of the molecule is Cc1cccc(C(=O)N2CCSc3ccccc32)c1F. The normalized spacial score (nSPS) is 14.0. The van der Waals surface area contributed by atoms with Crippen molar-refractivity contribution in [1.29, 1.82) is 0 Å². The number of benzene rings is 2. The second-order valence-corrected chi connectivity index (χ2v) is 5.85. The van der Waals surface area contributed by atoms with Gasteiger partial charge in [0.05, 0.1) is 11.3 Å². The molecule has 0 saturated carbocycles. The van der Waals surface area contributed by atoms with Gasteiger partial charge in [0.25, 0.3) is 5.91 Å². The molecule has 0 saturated heterocycles. The summed E-state index contributed by atoms with van der Waals surface area (Å²) in [6, 6.07) is 12.7. The Hall–Kier alpha value is -1.81. The molecule has 0 N–H and O–H groups in total. The molecule has 2 aromatic rings. The third-order valence-corrected chi connectivity index (χ3v) is 4.44. The second-order valence-electron chi connectivity index (χ2n) is 4.71. The minimum Gasteiger partial charge on any atom is -0.306 e. The molecule has 0 unspecified atom stereocenters. The summed E-state index contributed by atoms with van der Waals surface area (Å²) in [5, 5.41) is 0. The molecule has 1 amide bonds. The van der Waals surface area contributed by atoms with Crippen LogP contribution in [0.4, 0.5) is 10.1 Å². The van der Waals surface area contributed by atoms with Crippen LogP contribution in [0.5, 0.6) is 0 Å². The molecule has 4 heteroatoms. The molecule has 102 valence electrons. The predicted molar refractivity (Wildman–Crippen MR) is 80.0 cm³/mol. The van der Waals surface area contributed by atoms with Crippen molar-refractivity contribution in [2.24, 2.45) is 0 Å². The summed E-state index contributed by atoms with van der Waals surface area (Å²) < 4.78 is 14.1. The Labute approximate surface area is 121 Å². The van der Waals surface area contributed by atoms with Crippen LogP contribution >= 0.6 is 11.8 Å². The van der Waals surface area contributed by atoms with Gasteiger partial charge in [-0.05, 0) is 30.7 Å². The van der Waals surface area contributed by atoms with Crippen LogP contribution < -0.4 is 4.90 Å². The summed E-state index contributed by atoms with van der Waals surface area (Å²) in [5.41, 5.74) is 1.51. The first kappa shape index (κ1) is 13.2. The fourth-order valence-corrected chi connectivity index (χ4v) is 3.33. The lowest BCUT2D eigenvalue weighted by atomic mass is 10.1. The standard InChI is InChI=1S/C16H14FNOS/c1-11-5-4-6-12(15(11)17)16(19)18-9-10-20-14-8-3-2-7-13(14)18/h2-8H,9-10H2,1H3. The van der Waals surface area contributed by atoms with E-state index in [4.69, 9.17) is 0 Å². The number of fused-ring (bicyclic) bond motifs is 1. The first-order chi connectivity index (χ1) is 9.68.